The summed E-state index contributed by atoms with van der Waals surface area (Å²) in [6.45, 7) is 21.3. The molecule has 1 aliphatic carbocycles. The summed E-state index contributed by atoms with van der Waals surface area (Å²) in [5.41, 5.74) is 2.68. The lowest BCUT2D eigenvalue weighted by Crippen LogP contribution is -2.61. The van der Waals surface area contributed by atoms with Crippen molar-refractivity contribution in [1.82, 2.24) is 20.2 Å². The molecule has 4 saturated heterocycles. The Morgan fingerprint density at radius 2 is 1.58 bits per heavy atom. The second-order valence-corrected chi connectivity index (χ2v) is 24.5. The molecule has 5 fully saturated rings. The molecule has 4 aliphatic heterocycles. The number of benzene rings is 1. The summed E-state index contributed by atoms with van der Waals surface area (Å²) in [5, 5.41) is 38.9. The molecule has 79 heavy (non-hydrogen) atoms. The molecule has 20 nitrogen and oxygen atoms in total. The number of carbonyl (C=O) groups is 4. The van der Waals surface area contributed by atoms with Gasteiger partial charge in [0.1, 0.15) is 35.5 Å². The third-order valence-corrected chi connectivity index (χ3v) is 18.7. The number of Topliss-reactive ketones (excluding diaryl/α,β-unsaturated/α-hetero) is 1. The number of hydrogen-bond donors (Lipinski definition) is 5. The number of nitrogens with zero attached hydrogens (tertiary/aromatic N) is 4. The van der Waals surface area contributed by atoms with E-state index < -0.39 is 107 Å². The number of hydrogen-bond acceptors (Lipinski definition) is 18. The molecule has 6 N–H and O–H groups in total. The van der Waals surface area contributed by atoms with Crippen LogP contribution in [0.3, 0.4) is 0 Å². The highest BCUT2D eigenvalue weighted by molar-refractivity contribution is 5.90. The third kappa shape index (κ3) is 13.4. The van der Waals surface area contributed by atoms with Gasteiger partial charge in [-0.1, -0.05) is 41.5 Å². The van der Waals surface area contributed by atoms with Crippen LogP contribution in [0.25, 0.3) is 11.1 Å². The summed E-state index contributed by atoms with van der Waals surface area (Å²) in [4.78, 5) is 66.6. The lowest BCUT2D eigenvalue weighted by molar-refractivity contribution is -0.305. The first kappa shape index (κ1) is 62.2. The number of aliphatic hydroxyl groups is 3. The molecule has 2 aromatic rings. The molecule has 5 heterocycles. The van der Waals surface area contributed by atoms with E-state index in [4.69, 9.17) is 38.9 Å². The number of ketones is 1. The van der Waals surface area contributed by atoms with Gasteiger partial charge in [-0.05, 0) is 97.4 Å². The maximum Gasteiger partial charge on any atom is 0.414 e. The lowest BCUT2D eigenvalue weighted by atomic mass is 9.67. The number of rotatable bonds is 15. The quantitative estimate of drug-likeness (QED) is 0.137. The number of nitrogens with two attached hydrogens (primary N) is 1. The van der Waals surface area contributed by atoms with Crippen LogP contribution in [-0.2, 0) is 47.5 Å². The van der Waals surface area contributed by atoms with E-state index in [2.05, 4.69) is 27.1 Å². The van der Waals surface area contributed by atoms with Crippen molar-refractivity contribution >= 4 is 35.4 Å². The number of nitrogen functional groups attached to an aromatic ring is 1. The van der Waals surface area contributed by atoms with Gasteiger partial charge in [-0.25, -0.2) is 19.2 Å². The van der Waals surface area contributed by atoms with Gasteiger partial charge in [0.25, 0.3) is 0 Å². The van der Waals surface area contributed by atoms with E-state index in [0.717, 1.165) is 0 Å². The van der Waals surface area contributed by atoms with Crippen LogP contribution in [0, 0.1) is 59.1 Å². The first-order valence-corrected chi connectivity index (χ1v) is 28.3. The van der Waals surface area contributed by atoms with Gasteiger partial charge in [-0.2, -0.15) is 0 Å². The number of esters is 1. The normalized spacial score (nSPS) is 40.6. The molecule has 442 valence electrons. The number of carbonyl (C=O) groups excluding carboxylic acids is 4. The first-order chi connectivity index (χ1) is 37.1. The molecule has 3 unspecified atom stereocenters. The molecule has 1 aromatic heterocycles. The minimum Gasteiger partial charge on any atom is -0.459 e. The molecule has 0 bridgehead atoms. The molecule has 21 heteroatoms. The summed E-state index contributed by atoms with van der Waals surface area (Å²) in [6.07, 6.45) is -3.81. The molecule has 0 radical (unpaired) electrons. The number of aliphatic hydroxyl groups excluding tert-OH is 2. The average molecular weight is 1110 g/mol. The topological polar surface area (TPSA) is 264 Å². The maximum atomic E-state index is 15.2. The Labute approximate surface area is 465 Å². The van der Waals surface area contributed by atoms with Crippen LogP contribution in [0.4, 0.5) is 20.8 Å². The van der Waals surface area contributed by atoms with Gasteiger partial charge in [0, 0.05) is 92.8 Å². The van der Waals surface area contributed by atoms with Crippen LogP contribution in [-0.4, -0.2) is 173 Å². The standard InChI is InChI=1S/C58H89FN6O14/c1-15-45-58(11,72)49(68)33(6)47(66)29(2)21-57(10,74-14)50(31(4)46(32(5)52(70)78-45)44-22-56(9,73-13)34(7)35(8)76-44)79-53-48(67)37(18-30(3)75-53)27-64(12)26-36-19-42(36)51(69)61-25-40-28-65(55(71)77-40)39-16-17-41(43(59)20-39)38-23-62-54(60)63-24-38/h16-17,20,23-24,29-37,40,42,44-46,48-50,53,67-68,72H,15,18-19,21-22,25-28H2,1-14H3,(H,61,69)(H2,60,62,63)/t29-,30-,31+,32-,33+,34+,35+,36?,37-,40+,42?,44-,45-,46?,48-,49-,50-,53+,56-,57-,58-/m1/s1. The fraction of sp³-hybridized carbons (Fsp3) is 0.759. The Hall–Kier alpha value is -4.45. The van der Waals surface area contributed by atoms with Crippen LogP contribution >= 0.6 is 0 Å². The molecular formula is C58H89FN6O14. The van der Waals surface area contributed by atoms with Crippen molar-refractivity contribution in [3.05, 3.63) is 36.4 Å². The van der Waals surface area contributed by atoms with Crippen molar-refractivity contribution in [3.8, 4) is 11.1 Å². The lowest BCUT2D eigenvalue weighted by Gasteiger charge is -2.52. The number of cyclic esters (lactones) is 2. The van der Waals surface area contributed by atoms with E-state index in [0.29, 0.717) is 43.6 Å². The summed E-state index contributed by atoms with van der Waals surface area (Å²) < 4.78 is 60.1. The number of amides is 2. The zero-order valence-corrected chi connectivity index (χ0v) is 48.7. The predicted octanol–water partition coefficient (Wildman–Crippen LogP) is 5.56. The SMILES string of the molecule is CC[C@H]1OC(=O)[C@H](C)C([C@H]2C[C@@](C)(OC)[C@@H](C)[C@H](C)O2)[C@H](C)[C@@H](O[C@@H]2O[C@H](C)C[C@H](CN(C)CC3CC3C(=O)NC[C@H]3CN(c4ccc(-c5cnc(N)nc5)c(F)c4)C(=O)O3)[C@H]2O)[C@](C)(OC)C[C@@H](C)C(=O)[C@H](C)[C@@H](O)[C@]1(C)O. The average Bonchev–Trinajstić information content (AvgIpc) is 4.23. The monoisotopic (exact) mass is 1110 g/mol. The van der Waals surface area contributed by atoms with Crippen LogP contribution in [0.2, 0.25) is 0 Å². The Kier molecular flexibility index (Phi) is 19.6. The first-order valence-electron chi connectivity index (χ1n) is 28.3. The van der Waals surface area contributed by atoms with E-state index >= 15 is 4.39 Å². The number of anilines is 2. The zero-order chi connectivity index (χ0) is 58.2. The van der Waals surface area contributed by atoms with Crippen molar-refractivity contribution in [2.24, 2.45) is 53.3 Å². The van der Waals surface area contributed by atoms with Gasteiger partial charge in [0.15, 0.2) is 6.29 Å². The summed E-state index contributed by atoms with van der Waals surface area (Å²) >= 11 is 0. The van der Waals surface area contributed by atoms with Gasteiger partial charge < -0.3 is 64.4 Å². The number of nitrogens with one attached hydrogen (secondary N) is 1. The van der Waals surface area contributed by atoms with Gasteiger partial charge in [-0.3, -0.25) is 19.3 Å². The largest absolute Gasteiger partial charge is 0.459 e. The number of halogens is 1. The van der Waals surface area contributed by atoms with Crippen molar-refractivity contribution < 1.29 is 72.0 Å². The highest BCUT2D eigenvalue weighted by Gasteiger charge is 2.56. The third-order valence-electron chi connectivity index (χ3n) is 18.7. The van der Waals surface area contributed by atoms with Crippen molar-refractivity contribution in [3.63, 3.8) is 0 Å². The molecule has 1 aromatic carbocycles. The molecule has 21 atom stereocenters. The Bertz CT molecular complexity index is 2460. The second kappa shape index (κ2) is 25.0. The molecule has 0 spiro atoms. The summed E-state index contributed by atoms with van der Waals surface area (Å²) in [6, 6.07) is 4.37. The Morgan fingerprint density at radius 1 is 0.924 bits per heavy atom. The van der Waals surface area contributed by atoms with Gasteiger partial charge in [0.2, 0.25) is 11.9 Å². The van der Waals surface area contributed by atoms with E-state index in [9.17, 15) is 34.5 Å². The van der Waals surface area contributed by atoms with E-state index in [1.54, 1.807) is 48.0 Å². The highest BCUT2D eigenvalue weighted by atomic mass is 19.1. The zero-order valence-electron chi connectivity index (χ0n) is 48.7. The number of aromatic nitrogens is 2. The molecule has 7 rings (SSSR count). The highest BCUT2D eigenvalue weighted by Crippen LogP contribution is 2.48. The predicted molar refractivity (Wildman–Crippen MR) is 290 cm³/mol. The van der Waals surface area contributed by atoms with Crippen LogP contribution in [0.15, 0.2) is 30.6 Å². The maximum absolute atomic E-state index is 15.2. The van der Waals surface area contributed by atoms with Gasteiger partial charge in [0.05, 0.1) is 66.4 Å². The van der Waals surface area contributed by atoms with E-state index in [1.807, 2.05) is 41.7 Å². The second-order valence-electron chi connectivity index (χ2n) is 24.5. The minimum absolute atomic E-state index is 0.0103. The summed E-state index contributed by atoms with van der Waals surface area (Å²) in [5.74, 6) is -6.05. The van der Waals surface area contributed by atoms with Crippen molar-refractivity contribution in [1.29, 1.82) is 0 Å². The van der Waals surface area contributed by atoms with Crippen molar-refractivity contribution in [2.75, 3.05) is 58.1 Å². The molecule has 1 saturated carbocycles. The van der Waals surface area contributed by atoms with Crippen LogP contribution < -0.4 is 16.0 Å². The number of methoxy groups -OCH3 is 2. The van der Waals surface area contributed by atoms with E-state index in [1.165, 1.54) is 36.4 Å². The van der Waals surface area contributed by atoms with Gasteiger partial charge in [-0.15, -0.1) is 0 Å². The van der Waals surface area contributed by atoms with Gasteiger partial charge >= 0.3 is 12.1 Å². The fourth-order valence-electron chi connectivity index (χ4n) is 13.3. The Balaban J connectivity index is 1.04. The molecular weight excluding hydrogens is 1020 g/mol. The smallest absolute Gasteiger partial charge is 0.414 e. The molecule has 2 amide bonds. The molecule has 5 aliphatic rings. The van der Waals surface area contributed by atoms with Crippen molar-refractivity contribution in [2.45, 2.75) is 180 Å². The fourth-order valence-corrected chi connectivity index (χ4v) is 13.3. The van der Waals surface area contributed by atoms with Crippen LogP contribution in [0.5, 0.6) is 0 Å². The van der Waals surface area contributed by atoms with Crippen LogP contribution in [0.1, 0.15) is 108 Å². The van der Waals surface area contributed by atoms with E-state index in [-0.39, 0.29) is 85.0 Å². The summed E-state index contributed by atoms with van der Waals surface area (Å²) in [7, 11) is 5.16. The number of ether oxygens (including phenoxy) is 7. The minimum atomic E-state index is -1.97. The Morgan fingerprint density at radius 3 is 2.22 bits per heavy atom.